The van der Waals surface area contributed by atoms with E-state index in [0.717, 1.165) is 28.8 Å². The van der Waals surface area contributed by atoms with Crippen LogP contribution >= 0.6 is 0 Å². The first-order valence-electron chi connectivity index (χ1n) is 9.97. The second-order valence-corrected chi connectivity index (χ2v) is 7.64. The lowest BCUT2D eigenvalue weighted by atomic mass is 9.84. The van der Waals surface area contributed by atoms with Crippen LogP contribution in [0.25, 0.3) is 0 Å². The van der Waals surface area contributed by atoms with E-state index in [9.17, 15) is 18.4 Å². The fraction of sp³-hybridized carbons (Fsp3) is 0.333. The minimum absolute atomic E-state index is 0.0435. The summed E-state index contributed by atoms with van der Waals surface area (Å²) in [5, 5.41) is 2.80. The average Bonchev–Trinajstić information content (AvgIpc) is 3.11. The molecule has 3 rings (SSSR count). The summed E-state index contributed by atoms with van der Waals surface area (Å²) in [6.45, 7) is 6.01. The van der Waals surface area contributed by atoms with E-state index in [1.807, 2.05) is 44.2 Å². The predicted molar refractivity (Wildman–Crippen MR) is 110 cm³/mol. The molecule has 0 unspecified atom stereocenters. The van der Waals surface area contributed by atoms with Crippen molar-refractivity contribution >= 4 is 11.9 Å². The highest BCUT2D eigenvalue weighted by atomic mass is 19.2. The summed E-state index contributed by atoms with van der Waals surface area (Å²) in [5.74, 6) is -3.50. The summed E-state index contributed by atoms with van der Waals surface area (Å²) in [5.41, 5.74) is 3.05. The maximum atomic E-state index is 13.4. The fourth-order valence-corrected chi connectivity index (χ4v) is 3.95. The number of halogens is 2. The maximum Gasteiger partial charge on any atom is 0.314 e. The molecule has 0 radical (unpaired) electrons. The molecule has 30 heavy (non-hydrogen) atoms. The van der Waals surface area contributed by atoms with Crippen molar-refractivity contribution in [1.82, 2.24) is 5.32 Å². The van der Waals surface area contributed by atoms with Gasteiger partial charge in [-0.25, -0.2) is 8.78 Å². The Bertz CT molecular complexity index is 966. The van der Waals surface area contributed by atoms with Crippen molar-refractivity contribution in [2.24, 2.45) is 5.92 Å². The first-order chi connectivity index (χ1) is 14.3. The Balaban J connectivity index is 1.76. The molecule has 2 aromatic carbocycles. The standard InChI is InChI=1S/C24H25F2NO3/c1-4-30-24(29)22(18-10-14(2)9-15(3)11-18)16-5-7-19(12-16)27-23(28)17-6-8-20(25)21(26)13-17/h5-11,13,16,19,22H,4,12H2,1-3H3,(H,27,28)/t16-,19-,22+/m1/s1. The van der Waals surface area contributed by atoms with Gasteiger partial charge in [0.15, 0.2) is 11.6 Å². The molecule has 1 aliphatic carbocycles. The van der Waals surface area contributed by atoms with Crippen molar-refractivity contribution in [2.45, 2.75) is 39.2 Å². The van der Waals surface area contributed by atoms with Gasteiger partial charge in [0, 0.05) is 11.6 Å². The lowest BCUT2D eigenvalue weighted by Crippen LogP contribution is -2.34. The van der Waals surface area contributed by atoms with Gasteiger partial charge in [0.05, 0.1) is 12.5 Å². The molecule has 1 N–H and O–H groups in total. The molecule has 0 heterocycles. The van der Waals surface area contributed by atoms with Crippen LogP contribution in [0.1, 0.15) is 46.3 Å². The van der Waals surface area contributed by atoms with Gasteiger partial charge in [-0.15, -0.1) is 0 Å². The van der Waals surface area contributed by atoms with Gasteiger partial charge in [-0.1, -0.05) is 41.5 Å². The molecule has 2 aromatic rings. The number of aryl methyl sites for hydroxylation is 2. The molecule has 1 amide bonds. The Labute approximate surface area is 174 Å². The lowest BCUT2D eigenvalue weighted by molar-refractivity contribution is -0.146. The van der Waals surface area contributed by atoms with Gasteiger partial charge < -0.3 is 10.1 Å². The number of allylic oxidation sites excluding steroid dienone is 1. The number of benzene rings is 2. The number of esters is 1. The van der Waals surface area contributed by atoms with Crippen LogP contribution < -0.4 is 5.32 Å². The zero-order valence-electron chi connectivity index (χ0n) is 17.2. The maximum absolute atomic E-state index is 13.4. The summed E-state index contributed by atoms with van der Waals surface area (Å²) < 4.78 is 31.8. The Morgan fingerprint density at radius 1 is 1.07 bits per heavy atom. The summed E-state index contributed by atoms with van der Waals surface area (Å²) in [4.78, 5) is 25.2. The van der Waals surface area contributed by atoms with Crippen molar-refractivity contribution in [2.75, 3.05) is 6.61 Å². The monoisotopic (exact) mass is 413 g/mol. The topological polar surface area (TPSA) is 55.4 Å². The Morgan fingerprint density at radius 3 is 2.40 bits per heavy atom. The smallest absolute Gasteiger partial charge is 0.314 e. The normalized spacial score (nSPS) is 18.8. The minimum Gasteiger partial charge on any atom is -0.466 e. The van der Waals surface area contributed by atoms with Gasteiger partial charge in [-0.3, -0.25) is 9.59 Å². The summed E-state index contributed by atoms with van der Waals surface area (Å²) in [6, 6.07) is 8.72. The van der Waals surface area contributed by atoms with Crippen LogP contribution in [0.15, 0.2) is 48.6 Å². The molecule has 0 spiro atoms. The molecule has 0 aromatic heterocycles. The average molecular weight is 413 g/mol. The van der Waals surface area contributed by atoms with Gasteiger partial charge in [0.25, 0.3) is 5.91 Å². The van der Waals surface area contributed by atoms with Crippen LogP contribution in [0.5, 0.6) is 0 Å². The van der Waals surface area contributed by atoms with E-state index >= 15 is 0 Å². The summed E-state index contributed by atoms with van der Waals surface area (Å²) in [7, 11) is 0. The number of carbonyl (C=O) groups excluding carboxylic acids is 2. The molecular formula is C24H25F2NO3. The second kappa shape index (κ2) is 9.20. The number of hydrogen-bond acceptors (Lipinski definition) is 3. The Kier molecular flexibility index (Phi) is 6.65. The van der Waals surface area contributed by atoms with Crippen LogP contribution in [-0.2, 0) is 9.53 Å². The van der Waals surface area contributed by atoms with Crippen LogP contribution in [0.4, 0.5) is 8.78 Å². The minimum atomic E-state index is -1.07. The Hall–Kier alpha value is -3.02. The number of nitrogens with one attached hydrogen (secondary N) is 1. The van der Waals surface area contributed by atoms with Gasteiger partial charge >= 0.3 is 5.97 Å². The van der Waals surface area contributed by atoms with Gasteiger partial charge in [0.1, 0.15) is 0 Å². The lowest BCUT2D eigenvalue weighted by Gasteiger charge is -2.23. The molecule has 4 nitrogen and oxygen atoms in total. The number of carbonyl (C=O) groups is 2. The predicted octanol–water partition coefficient (Wildman–Crippen LogP) is 4.60. The fourth-order valence-electron chi connectivity index (χ4n) is 3.95. The third kappa shape index (κ3) is 4.93. The Morgan fingerprint density at radius 2 is 1.77 bits per heavy atom. The van der Waals surface area contributed by atoms with E-state index in [1.165, 1.54) is 6.07 Å². The van der Waals surface area contributed by atoms with E-state index in [4.69, 9.17) is 4.74 Å². The van der Waals surface area contributed by atoms with E-state index in [0.29, 0.717) is 6.42 Å². The number of rotatable bonds is 6. The van der Waals surface area contributed by atoms with E-state index in [-0.39, 0.29) is 30.1 Å². The zero-order valence-corrected chi connectivity index (χ0v) is 17.2. The van der Waals surface area contributed by atoms with Gasteiger partial charge in [0.2, 0.25) is 0 Å². The number of hydrogen-bond donors (Lipinski definition) is 1. The highest BCUT2D eigenvalue weighted by Crippen LogP contribution is 2.35. The van der Waals surface area contributed by atoms with Crippen molar-refractivity contribution in [1.29, 1.82) is 0 Å². The molecule has 1 aliphatic rings. The highest BCUT2D eigenvalue weighted by Gasteiger charge is 2.34. The van der Waals surface area contributed by atoms with Crippen molar-refractivity contribution in [3.05, 3.63) is 82.4 Å². The first-order valence-corrected chi connectivity index (χ1v) is 9.97. The quantitative estimate of drug-likeness (QED) is 0.556. The zero-order chi connectivity index (χ0) is 21.8. The summed E-state index contributed by atoms with van der Waals surface area (Å²) >= 11 is 0. The molecule has 0 aliphatic heterocycles. The largest absolute Gasteiger partial charge is 0.466 e. The van der Waals surface area contributed by atoms with Crippen molar-refractivity contribution < 1.29 is 23.1 Å². The van der Waals surface area contributed by atoms with E-state index in [1.54, 1.807) is 6.92 Å². The number of ether oxygens (including phenoxy) is 1. The molecule has 3 atom stereocenters. The SMILES string of the molecule is CCOC(=O)[C@H](c1cc(C)cc(C)c1)[C@@H]1C=C[C@@H](NC(=O)c2ccc(F)c(F)c2)C1. The van der Waals surface area contributed by atoms with Crippen LogP contribution in [-0.4, -0.2) is 24.5 Å². The highest BCUT2D eigenvalue weighted by molar-refractivity contribution is 5.94. The molecule has 0 saturated carbocycles. The van der Waals surface area contributed by atoms with Crippen LogP contribution in [0, 0.1) is 31.4 Å². The first kappa shape index (κ1) is 21.7. The van der Waals surface area contributed by atoms with Gasteiger partial charge in [-0.05, 0) is 56.9 Å². The molecule has 158 valence electrons. The van der Waals surface area contributed by atoms with Gasteiger partial charge in [-0.2, -0.15) is 0 Å². The third-order valence-electron chi connectivity index (χ3n) is 5.19. The van der Waals surface area contributed by atoms with E-state index < -0.39 is 23.5 Å². The number of amides is 1. The van der Waals surface area contributed by atoms with Crippen LogP contribution in [0.2, 0.25) is 0 Å². The van der Waals surface area contributed by atoms with Crippen molar-refractivity contribution in [3.63, 3.8) is 0 Å². The molecule has 6 heteroatoms. The summed E-state index contributed by atoms with van der Waals surface area (Å²) in [6.07, 6.45) is 4.25. The molecule has 0 saturated heterocycles. The third-order valence-corrected chi connectivity index (χ3v) is 5.19. The molecule has 0 fully saturated rings. The molecular weight excluding hydrogens is 388 g/mol. The second-order valence-electron chi connectivity index (χ2n) is 7.64. The van der Waals surface area contributed by atoms with Crippen LogP contribution in [0.3, 0.4) is 0 Å². The van der Waals surface area contributed by atoms with Crippen molar-refractivity contribution in [3.8, 4) is 0 Å². The molecule has 0 bridgehead atoms. The van der Waals surface area contributed by atoms with E-state index in [2.05, 4.69) is 5.32 Å².